The fourth-order valence-corrected chi connectivity index (χ4v) is 4.84. The largest absolute Gasteiger partial charge is 0.367 e. The molecule has 1 saturated heterocycles. The molecule has 2 fully saturated rings. The Morgan fingerprint density at radius 1 is 0.970 bits per heavy atom. The van der Waals surface area contributed by atoms with E-state index in [2.05, 4.69) is 44.8 Å². The van der Waals surface area contributed by atoms with E-state index in [9.17, 15) is 5.26 Å². The number of nitriles is 1. The van der Waals surface area contributed by atoms with E-state index in [1.54, 1.807) is 0 Å². The maximum atomic E-state index is 9.41. The van der Waals surface area contributed by atoms with E-state index in [1.165, 1.54) is 32.1 Å². The minimum atomic E-state index is 0.494. The molecule has 3 heterocycles. The van der Waals surface area contributed by atoms with Crippen LogP contribution in [0.3, 0.4) is 0 Å². The Balaban J connectivity index is 1.54. The summed E-state index contributed by atoms with van der Waals surface area (Å²) in [5.41, 5.74) is 4.65. The van der Waals surface area contributed by atoms with E-state index in [4.69, 9.17) is 4.98 Å². The third-order valence-electron chi connectivity index (χ3n) is 6.61. The average Bonchev–Trinajstić information content (AvgIpc) is 2.90. The average molecular weight is 439 g/mol. The molecule has 0 unspecified atom stereocenters. The molecule has 2 aliphatic rings. The fourth-order valence-electron chi connectivity index (χ4n) is 4.84. The molecule has 0 radical (unpaired) electrons. The summed E-state index contributed by atoms with van der Waals surface area (Å²) in [4.78, 5) is 12.1. The molecule has 1 aromatic carbocycles. The lowest BCUT2D eigenvalue weighted by molar-refractivity contribution is 0.462. The second-order valence-electron chi connectivity index (χ2n) is 8.90. The van der Waals surface area contributed by atoms with Crippen LogP contribution in [-0.2, 0) is 0 Å². The van der Waals surface area contributed by atoms with Crippen LogP contribution in [0, 0.1) is 11.3 Å². The van der Waals surface area contributed by atoms with Gasteiger partial charge < -0.3 is 15.5 Å². The first-order chi connectivity index (χ1) is 16.3. The highest BCUT2D eigenvalue weighted by Gasteiger charge is 2.18. The van der Waals surface area contributed by atoms with Gasteiger partial charge in [0, 0.05) is 49.5 Å². The number of anilines is 2. The molecule has 33 heavy (non-hydrogen) atoms. The van der Waals surface area contributed by atoms with Crippen molar-refractivity contribution in [3.63, 3.8) is 0 Å². The van der Waals surface area contributed by atoms with Crippen molar-refractivity contribution >= 4 is 11.6 Å². The van der Waals surface area contributed by atoms with Crippen molar-refractivity contribution in [2.45, 2.75) is 38.1 Å². The highest BCUT2D eigenvalue weighted by atomic mass is 15.2. The molecule has 0 spiro atoms. The molecule has 6 heteroatoms. The van der Waals surface area contributed by atoms with E-state index >= 15 is 0 Å². The van der Waals surface area contributed by atoms with Gasteiger partial charge in [-0.2, -0.15) is 5.26 Å². The molecule has 168 valence electrons. The van der Waals surface area contributed by atoms with Crippen LogP contribution in [-0.4, -0.2) is 42.2 Å². The van der Waals surface area contributed by atoms with Gasteiger partial charge in [0.05, 0.1) is 17.3 Å². The number of nitrogens with one attached hydrogen (secondary N) is 2. The Hall–Kier alpha value is -3.43. The summed E-state index contributed by atoms with van der Waals surface area (Å²) in [6.07, 6.45) is 8.17. The molecule has 1 aliphatic carbocycles. The molecule has 0 amide bonds. The Morgan fingerprint density at radius 3 is 2.64 bits per heavy atom. The van der Waals surface area contributed by atoms with E-state index in [-0.39, 0.29) is 0 Å². The van der Waals surface area contributed by atoms with Gasteiger partial charge >= 0.3 is 0 Å². The van der Waals surface area contributed by atoms with E-state index in [0.717, 1.165) is 60.2 Å². The number of hydrogen-bond acceptors (Lipinski definition) is 6. The number of benzene rings is 1. The SMILES string of the molecule is N#Cc1cccc(-c2ccc(N3CCNCC3)nc2-c2ccnc(NC3CCCCC3)c2)c1. The van der Waals surface area contributed by atoms with Gasteiger partial charge in [-0.1, -0.05) is 31.4 Å². The molecule has 3 aromatic rings. The third-order valence-corrected chi connectivity index (χ3v) is 6.61. The van der Waals surface area contributed by atoms with Crippen molar-refractivity contribution < 1.29 is 0 Å². The predicted molar refractivity (Wildman–Crippen MR) is 133 cm³/mol. The summed E-state index contributed by atoms with van der Waals surface area (Å²) in [6, 6.07) is 18.9. The molecular formula is C27H30N6. The second kappa shape index (κ2) is 10.0. The number of aromatic nitrogens is 2. The first-order valence-electron chi connectivity index (χ1n) is 12.0. The van der Waals surface area contributed by atoms with E-state index in [1.807, 2.05) is 36.5 Å². The lowest BCUT2D eigenvalue weighted by Gasteiger charge is -2.29. The van der Waals surface area contributed by atoms with Gasteiger partial charge in [0.25, 0.3) is 0 Å². The summed E-state index contributed by atoms with van der Waals surface area (Å²) < 4.78 is 0. The molecule has 1 aliphatic heterocycles. The fraction of sp³-hybridized carbons (Fsp3) is 0.370. The van der Waals surface area contributed by atoms with Crippen LogP contribution < -0.4 is 15.5 Å². The van der Waals surface area contributed by atoms with Gasteiger partial charge in [0.15, 0.2) is 0 Å². The van der Waals surface area contributed by atoms with Gasteiger partial charge in [0.1, 0.15) is 11.6 Å². The van der Waals surface area contributed by atoms with Gasteiger partial charge in [-0.15, -0.1) is 0 Å². The van der Waals surface area contributed by atoms with Crippen LogP contribution in [0.2, 0.25) is 0 Å². The number of hydrogen-bond donors (Lipinski definition) is 2. The smallest absolute Gasteiger partial charge is 0.129 e. The van der Waals surface area contributed by atoms with Crippen LogP contribution in [0.1, 0.15) is 37.7 Å². The molecule has 0 atom stereocenters. The minimum absolute atomic E-state index is 0.494. The summed E-state index contributed by atoms with van der Waals surface area (Å²) in [7, 11) is 0. The van der Waals surface area contributed by atoms with Crippen LogP contribution in [0.25, 0.3) is 22.4 Å². The zero-order valence-corrected chi connectivity index (χ0v) is 18.9. The maximum Gasteiger partial charge on any atom is 0.129 e. The van der Waals surface area contributed by atoms with E-state index < -0.39 is 0 Å². The Kier molecular flexibility index (Phi) is 6.50. The van der Waals surface area contributed by atoms with Crippen molar-refractivity contribution in [1.82, 2.24) is 15.3 Å². The maximum absolute atomic E-state index is 9.41. The molecule has 6 nitrogen and oxygen atoms in total. The van der Waals surface area contributed by atoms with Gasteiger partial charge in [-0.05, 0) is 54.8 Å². The molecule has 2 N–H and O–H groups in total. The van der Waals surface area contributed by atoms with Crippen molar-refractivity contribution in [2.75, 3.05) is 36.4 Å². The number of pyridine rings is 2. The Morgan fingerprint density at radius 2 is 1.82 bits per heavy atom. The predicted octanol–water partition coefficient (Wildman–Crippen LogP) is 4.84. The first-order valence-corrected chi connectivity index (χ1v) is 12.0. The summed E-state index contributed by atoms with van der Waals surface area (Å²) >= 11 is 0. The van der Waals surface area contributed by atoms with E-state index in [0.29, 0.717) is 11.6 Å². The minimum Gasteiger partial charge on any atom is -0.367 e. The zero-order chi connectivity index (χ0) is 22.5. The monoisotopic (exact) mass is 438 g/mol. The van der Waals surface area contributed by atoms with Crippen molar-refractivity contribution in [3.05, 3.63) is 60.3 Å². The van der Waals surface area contributed by atoms with Crippen LogP contribution in [0.5, 0.6) is 0 Å². The molecular weight excluding hydrogens is 408 g/mol. The summed E-state index contributed by atoms with van der Waals surface area (Å²) in [5, 5.41) is 16.5. The molecule has 0 bridgehead atoms. The van der Waals surface area contributed by atoms with Crippen LogP contribution in [0.15, 0.2) is 54.7 Å². The molecule has 1 saturated carbocycles. The number of piperazine rings is 1. The van der Waals surface area contributed by atoms with Gasteiger partial charge in [-0.25, -0.2) is 9.97 Å². The summed E-state index contributed by atoms with van der Waals surface area (Å²) in [6.45, 7) is 3.82. The van der Waals surface area contributed by atoms with Crippen LogP contribution in [0.4, 0.5) is 11.6 Å². The van der Waals surface area contributed by atoms with Crippen LogP contribution >= 0.6 is 0 Å². The lowest BCUT2D eigenvalue weighted by atomic mass is 9.95. The van der Waals surface area contributed by atoms with Gasteiger partial charge in [0.2, 0.25) is 0 Å². The summed E-state index contributed by atoms with van der Waals surface area (Å²) in [5.74, 6) is 1.90. The Labute approximate surface area is 195 Å². The second-order valence-corrected chi connectivity index (χ2v) is 8.90. The molecule has 5 rings (SSSR count). The van der Waals surface area contributed by atoms with Crippen molar-refractivity contribution in [3.8, 4) is 28.5 Å². The first kappa shape index (κ1) is 21.4. The standard InChI is InChI=1S/C27H30N6/c28-19-20-5-4-6-21(17-20)24-9-10-26(33-15-13-29-14-16-33)32-27(24)22-11-12-30-25(18-22)31-23-7-2-1-3-8-23/h4-6,9-12,17-18,23,29H,1-3,7-8,13-16H2,(H,30,31). The Bertz CT molecular complexity index is 1140. The highest BCUT2D eigenvalue weighted by Crippen LogP contribution is 2.34. The lowest BCUT2D eigenvalue weighted by Crippen LogP contribution is -2.43. The van der Waals surface area contributed by atoms with Crippen molar-refractivity contribution in [1.29, 1.82) is 5.26 Å². The third kappa shape index (κ3) is 4.99. The quantitative estimate of drug-likeness (QED) is 0.594. The zero-order valence-electron chi connectivity index (χ0n) is 18.9. The number of rotatable bonds is 5. The van der Waals surface area contributed by atoms with Gasteiger partial charge in [-0.3, -0.25) is 0 Å². The number of nitrogens with zero attached hydrogens (tertiary/aromatic N) is 4. The normalized spacial score (nSPS) is 16.9. The van der Waals surface area contributed by atoms with Crippen molar-refractivity contribution in [2.24, 2.45) is 0 Å². The molecule has 2 aromatic heterocycles. The highest BCUT2D eigenvalue weighted by molar-refractivity contribution is 5.83. The topological polar surface area (TPSA) is 76.9 Å².